The van der Waals surface area contributed by atoms with Crippen molar-refractivity contribution in [2.75, 3.05) is 5.43 Å². The highest BCUT2D eigenvalue weighted by Gasteiger charge is 2.30. The van der Waals surface area contributed by atoms with Gasteiger partial charge in [-0.1, -0.05) is 0 Å². The summed E-state index contributed by atoms with van der Waals surface area (Å²) in [4.78, 5) is 0.355. The summed E-state index contributed by atoms with van der Waals surface area (Å²) >= 11 is 0. The number of rotatable bonds is 1. The van der Waals surface area contributed by atoms with Crippen molar-refractivity contribution in [2.24, 2.45) is 5.10 Å². The summed E-state index contributed by atoms with van der Waals surface area (Å²) in [7, 11) is -3.38. The van der Waals surface area contributed by atoms with Crippen LogP contribution in [-0.4, -0.2) is 18.5 Å². The topological polar surface area (TPSA) is 63.5 Å². The van der Waals surface area contributed by atoms with Crippen LogP contribution in [0.3, 0.4) is 0 Å². The molecule has 1 aromatic rings. The van der Waals surface area contributed by atoms with Crippen molar-refractivity contribution in [2.45, 2.75) is 38.6 Å². The van der Waals surface area contributed by atoms with E-state index in [1.165, 1.54) is 0 Å². The van der Waals surface area contributed by atoms with Gasteiger partial charge in [0.1, 0.15) is 16.3 Å². The van der Waals surface area contributed by atoms with E-state index < -0.39 is 9.84 Å². The number of hydrazone groups is 1. The van der Waals surface area contributed by atoms with Gasteiger partial charge in [0.25, 0.3) is 0 Å². The quantitative estimate of drug-likeness (QED) is 0.815. The van der Waals surface area contributed by atoms with Crippen LogP contribution < -0.4 is 5.43 Å². The molecule has 0 spiro atoms. The van der Waals surface area contributed by atoms with E-state index >= 15 is 0 Å². The molecule has 0 fully saturated rings. The molecule has 0 saturated heterocycles. The third-order valence-corrected chi connectivity index (χ3v) is 4.31. The maximum Gasteiger partial charge on any atom is 0.222 e. The van der Waals surface area contributed by atoms with Gasteiger partial charge in [-0.25, -0.2) is 8.42 Å². The minimum Gasteiger partial charge on any atom is -0.327 e. The Hall–Kier alpha value is -1.30. The zero-order chi connectivity index (χ0) is 12.1. The normalized spacial score (nSPS) is 17.3. The minimum absolute atomic E-state index is 0.193. The third kappa shape index (κ3) is 1.36. The molecular weight excluding hydrogens is 226 g/mol. The Morgan fingerprint density at radius 1 is 1.38 bits per heavy atom. The van der Waals surface area contributed by atoms with E-state index in [1.54, 1.807) is 0 Å². The first kappa shape index (κ1) is 11.2. The molecular formula is C10H15N3O2S. The number of sulfone groups is 1. The SMILES string of the molecule is Cc1c2c(n(C(C)C)c1C)NN=CS2(=O)=O. The average Bonchev–Trinajstić information content (AvgIpc) is 2.39. The molecule has 0 radical (unpaired) electrons. The van der Waals surface area contributed by atoms with Gasteiger partial charge in [-0.15, -0.1) is 0 Å². The van der Waals surface area contributed by atoms with Crippen LogP contribution in [-0.2, 0) is 9.84 Å². The number of nitrogens with one attached hydrogen (secondary N) is 1. The zero-order valence-electron chi connectivity index (χ0n) is 9.77. The van der Waals surface area contributed by atoms with Crippen molar-refractivity contribution in [3.63, 3.8) is 0 Å². The predicted molar refractivity (Wildman–Crippen MR) is 63.6 cm³/mol. The van der Waals surface area contributed by atoms with E-state index in [0.29, 0.717) is 10.7 Å². The summed E-state index contributed by atoms with van der Waals surface area (Å²) in [6.45, 7) is 7.77. The Labute approximate surface area is 95.1 Å². The number of hydrogen-bond acceptors (Lipinski definition) is 4. The molecule has 88 valence electrons. The Morgan fingerprint density at radius 2 is 2.00 bits per heavy atom. The standard InChI is InChI=1S/C10H15N3O2S/c1-6(2)13-8(4)7(3)9-10(13)12-11-5-16(9,14)15/h5-6,12H,1-4H3. The molecule has 0 atom stereocenters. The Morgan fingerprint density at radius 3 is 2.56 bits per heavy atom. The van der Waals surface area contributed by atoms with Gasteiger partial charge in [-0.2, -0.15) is 5.10 Å². The second kappa shape index (κ2) is 3.35. The van der Waals surface area contributed by atoms with Gasteiger partial charge in [-0.05, 0) is 33.3 Å². The molecule has 0 aliphatic carbocycles. The van der Waals surface area contributed by atoms with E-state index in [1.807, 2.05) is 32.3 Å². The molecule has 2 heterocycles. The number of fused-ring (bicyclic) bond motifs is 1. The minimum atomic E-state index is -3.38. The van der Waals surface area contributed by atoms with Crippen molar-refractivity contribution < 1.29 is 8.42 Å². The van der Waals surface area contributed by atoms with E-state index in [4.69, 9.17) is 0 Å². The lowest BCUT2D eigenvalue weighted by Gasteiger charge is -2.16. The van der Waals surface area contributed by atoms with Gasteiger partial charge >= 0.3 is 0 Å². The predicted octanol–water partition coefficient (Wildman–Crippen LogP) is 1.83. The number of anilines is 1. The van der Waals surface area contributed by atoms with E-state index in [2.05, 4.69) is 10.5 Å². The highest BCUT2D eigenvalue weighted by Crippen LogP contribution is 2.35. The number of nitrogens with zero attached hydrogens (tertiary/aromatic N) is 2. The van der Waals surface area contributed by atoms with Crippen LogP contribution in [0.25, 0.3) is 0 Å². The first-order valence-electron chi connectivity index (χ1n) is 5.12. The van der Waals surface area contributed by atoms with Crippen LogP contribution in [0.4, 0.5) is 5.82 Å². The number of hydrogen-bond donors (Lipinski definition) is 1. The van der Waals surface area contributed by atoms with Gasteiger partial charge in [0.15, 0.2) is 0 Å². The third-order valence-electron chi connectivity index (χ3n) is 2.86. The summed E-state index contributed by atoms with van der Waals surface area (Å²) in [5.74, 6) is 0.576. The Balaban J connectivity index is 2.83. The molecule has 0 aromatic carbocycles. The van der Waals surface area contributed by atoms with Crippen LogP contribution in [0, 0.1) is 13.8 Å². The fourth-order valence-corrected chi connectivity index (χ4v) is 3.39. The highest BCUT2D eigenvalue weighted by molar-refractivity contribution is 8.04. The summed E-state index contributed by atoms with van der Waals surface area (Å²) in [5, 5.41) is 3.68. The lowest BCUT2D eigenvalue weighted by Crippen LogP contribution is -2.15. The summed E-state index contributed by atoms with van der Waals surface area (Å²) < 4.78 is 25.7. The van der Waals surface area contributed by atoms with Crippen molar-refractivity contribution in [1.82, 2.24) is 4.57 Å². The molecule has 2 rings (SSSR count). The first-order valence-corrected chi connectivity index (χ1v) is 6.66. The molecule has 1 N–H and O–H groups in total. The van der Waals surface area contributed by atoms with Crippen LogP contribution in [0.15, 0.2) is 10.00 Å². The van der Waals surface area contributed by atoms with Crippen molar-refractivity contribution in [3.8, 4) is 0 Å². The molecule has 0 bridgehead atoms. The largest absolute Gasteiger partial charge is 0.327 e. The summed E-state index contributed by atoms with van der Waals surface area (Å²) in [6, 6.07) is 0.193. The van der Waals surface area contributed by atoms with Gasteiger partial charge in [0.05, 0.1) is 0 Å². The fraction of sp³-hybridized carbons (Fsp3) is 0.500. The molecule has 5 nitrogen and oxygen atoms in total. The van der Waals surface area contributed by atoms with Gasteiger partial charge in [0.2, 0.25) is 9.84 Å². The van der Waals surface area contributed by atoms with Crippen molar-refractivity contribution in [3.05, 3.63) is 11.3 Å². The first-order chi connectivity index (χ1) is 7.36. The molecule has 0 unspecified atom stereocenters. The Bertz CT molecular complexity index is 567. The lowest BCUT2D eigenvalue weighted by molar-refractivity contribution is 0.588. The van der Waals surface area contributed by atoms with Crippen molar-refractivity contribution in [1.29, 1.82) is 0 Å². The molecule has 1 aromatic heterocycles. The van der Waals surface area contributed by atoms with Gasteiger partial charge in [-0.3, -0.25) is 5.43 Å². The summed E-state index contributed by atoms with van der Waals surface area (Å²) in [5.41, 5.74) is 5.50. The monoisotopic (exact) mass is 241 g/mol. The van der Waals surface area contributed by atoms with Crippen LogP contribution in [0.5, 0.6) is 0 Å². The maximum absolute atomic E-state index is 11.9. The Kier molecular flexibility index (Phi) is 2.34. The van der Waals surface area contributed by atoms with E-state index in [9.17, 15) is 8.42 Å². The molecule has 1 aliphatic rings. The van der Waals surface area contributed by atoms with Crippen LogP contribution >= 0.6 is 0 Å². The second-order valence-electron chi connectivity index (χ2n) is 4.24. The maximum atomic E-state index is 11.9. The van der Waals surface area contributed by atoms with Crippen LogP contribution in [0.1, 0.15) is 31.1 Å². The zero-order valence-corrected chi connectivity index (χ0v) is 10.6. The molecule has 0 saturated carbocycles. The lowest BCUT2D eigenvalue weighted by atomic mass is 10.3. The number of aromatic nitrogens is 1. The average molecular weight is 241 g/mol. The highest BCUT2D eigenvalue weighted by atomic mass is 32.2. The van der Waals surface area contributed by atoms with Crippen molar-refractivity contribution >= 4 is 21.2 Å². The van der Waals surface area contributed by atoms with E-state index in [0.717, 1.165) is 16.8 Å². The van der Waals surface area contributed by atoms with Gasteiger partial charge in [0, 0.05) is 11.7 Å². The van der Waals surface area contributed by atoms with Crippen LogP contribution in [0.2, 0.25) is 0 Å². The summed E-state index contributed by atoms with van der Waals surface area (Å²) in [6.07, 6.45) is 0. The van der Waals surface area contributed by atoms with E-state index in [-0.39, 0.29) is 6.04 Å². The second-order valence-corrected chi connectivity index (χ2v) is 5.95. The molecule has 1 aliphatic heterocycles. The fourth-order valence-electron chi connectivity index (χ4n) is 2.11. The smallest absolute Gasteiger partial charge is 0.222 e. The van der Waals surface area contributed by atoms with Gasteiger partial charge < -0.3 is 4.57 Å². The molecule has 0 amide bonds. The molecule has 16 heavy (non-hydrogen) atoms. The molecule has 6 heteroatoms.